The highest BCUT2D eigenvalue weighted by molar-refractivity contribution is 7.90. The summed E-state index contributed by atoms with van der Waals surface area (Å²) in [5.74, 6) is -0.716. The summed E-state index contributed by atoms with van der Waals surface area (Å²) in [5.41, 5.74) is 8.22. The molecule has 0 unspecified atom stereocenters. The quantitative estimate of drug-likeness (QED) is 0.498. The van der Waals surface area contributed by atoms with E-state index in [0.29, 0.717) is 47.6 Å². The van der Waals surface area contributed by atoms with Crippen molar-refractivity contribution in [3.8, 4) is 28.1 Å². The van der Waals surface area contributed by atoms with Gasteiger partial charge >= 0.3 is 6.36 Å². The molecule has 1 aliphatic rings. The molecule has 0 radical (unpaired) electrons. The Kier molecular flexibility index (Phi) is 7.53. The Labute approximate surface area is 206 Å². The number of amides is 1. The lowest BCUT2D eigenvalue weighted by atomic mass is 10.0. The molecular formula is C23H23ClF3N3O4S. The second-order valence-electron chi connectivity index (χ2n) is 7.98. The van der Waals surface area contributed by atoms with E-state index >= 15 is 0 Å². The fourth-order valence-corrected chi connectivity index (χ4v) is 4.76. The van der Waals surface area contributed by atoms with E-state index in [4.69, 9.17) is 5.73 Å². The highest BCUT2D eigenvalue weighted by atomic mass is 35.5. The molecule has 0 fully saturated rings. The Bertz CT molecular complexity index is 1340. The molecule has 1 aliphatic heterocycles. The Balaban J connectivity index is 0.00000342. The Hall–Kier alpha value is -3.02. The molecule has 2 heterocycles. The van der Waals surface area contributed by atoms with Gasteiger partial charge in [-0.15, -0.1) is 25.6 Å². The van der Waals surface area contributed by atoms with E-state index < -0.39 is 21.9 Å². The topological polar surface area (TPSA) is 103 Å². The minimum absolute atomic E-state index is 0. The molecule has 188 valence electrons. The predicted octanol–water partition coefficient (Wildman–Crippen LogP) is 4.18. The van der Waals surface area contributed by atoms with Crippen molar-refractivity contribution >= 4 is 28.2 Å². The van der Waals surface area contributed by atoms with Crippen molar-refractivity contribution in [1.29, 1.82) is 0 Å². The number of nitrogens with two attached hydrogens (primary N) is 1. The van der Waals surface area contributed by atoms with Crippen molar-refractivity contribution in [2.75, 3.05) is 19.3 Å². The summed E-state index contributed by atoms with van der Waals surface area (Å²) >= 11 is 0. The first-order chi connectivity index (χ1) is 16.0. The maximum absolute atomic E-state index is 12.8. The largest absolute Gasteiger partial charge is 0.573 e. The van der Waals surface area contributed by atoms with Gasteiger partial charge in [-0.05, 0) is 54.4 Å². The molecule has 0 bridgehead atoms. The highest BCUT2D eigenvalue weighted by Crippen LogP contribution is 2.40. The first-order valence-electron chi connectivity index (χ1n) is 10.4. The Morgan fingerprint density at radius 1 is 1.11 bits per heavy atom. The standard InChI is InChI=1S/C23H22F3N3O4S.ClH/c1-34(31,32)18-7-5-14(6-8-18)21-19(15-3-2-4-17(11-15)33-23(24,25)26)12-20-22(30)28-13-16(9-10-27)29(20)21;/h2-8,11-12,16H,9-10,13,27H2,1H3,(H,28,30);1H/t16-;/m0./s1. The minimum atomic E-state index is -4.85. The molecule has 12 heteroatoms. The molecule has 0 saturated heterocycles. The minimum Gasteiger partial charge on any atom is -0.406 e. The number of carbonyl (C=O) groups excluding carboxylic acids is 1. The fraction of sp³-hybridized carbons (Fsp3) is 0.261. The van der Waals surface area contributed by atoms with Crippen molar-refractivity contribution in [3.05, 3.63) is 60.3 Å². The van der Waals surface area contributed by atoms with Crippen LogP contribution in [0.15, 0.2) is 59.5 Å². The summed E-state index contributed by atoms with van der Waals surface area (Å²) in [6.45, 7) is 0.692. The van der Waals surface area contributed by atoms with Crippen LogP contribution in [0.2, 0.25) is 0 Å². The van der Waals surface area contributed by atoms with E-state index in [0.717, 1.165) is 6.26 Å². The Morgan fingerprint density at radius 2 is 1.80 bits per heavy atom. The number of hydrogen-bond donors (Lipinski definition) is 2. The molecule has 0 saturated carbocycles. The third kappa shape index (κ3) is 5.63. The van der Waals surface area contributed by atoms with Crippen LogP contribution in [0.3, 0.4) is 0 Å². The van der Waals surface area contributed by atoms with E-state index in [1.807, 2.05) is 4.57 Å². The number of benzene rings is 2. The molecule has 2 aromatic carbocycles. The molecule has 0 aliphatic carbocycles. The molecule has 1 aromatic heterocycles. The number of carbonyl (C=O) groups is 1. The number of fused-ring (bicyclic) bond motifs is 1. The SMILES string of the molecule is CS(=O)(=O)c1ccc(-c2c(-c3cccc(OC(F)(F)F)c3)cc3n2[C@@H](CCN)CNC3=O)cc1.Cl. The van der Waals surface area contributed by atoms with Crippen LogP contribution in [-0.2, 0) is 9.84 Å². The summed E-state index contributed by atoms with van der Waals surface area (Å²) < 4.78 is 68.1. The summed E-state index contributed by atoms with van der Waals surface area (Å²) in [5, 5.41) is 2.82. The molecule has 4 rings (SSSR count). The number of alkyl halides is 3. The van der Waals surface area contributed by atoms with Crippen molar-refractivity contribution < 1.29 is 31.1 Å². The van der Waals surface area contributed by atoms with Gasteiger partial charge < -0.3 is 20.4 Å². The molecule has 0 spiro atoms. The van der Waals surface area contributed by atoms with E-state index in [1.54, 1.807) is 24.3 Å². The summed E-state index contributed by atoms with van der Waals surface area (Å²) in [4.78, 5) is 12.8. The fourth-order valence-electron chi connectivity index (χ4n) is 4.13. The van der Waals surface area contributed by atoms with Gasteiger partial charge in [-0.2, -0.15) is 0 Å². The van der Waals surface area contributed by atoms with Crippen LogP contribution in [0, 0.1) is 0 Å². The lowest BCUT2D eigenvalue weighted by Gasteiger charge is -2.28. The summed E-state index contributed by atoms with van der Waals surface area (Å²) in [7, 11) is -3.43. The third-order valence-corrected chi connectivity index (χ3v) is 6.70. The Morgan fingerprint density at radius 3 is 2.40 bits per heavy atom. The normalized spacial score (nSPS) is 15.7. The van der Waals surface area contributed by atoms with Gasteiger partial charge in [0.05, 0.1) is 16.6 Å². The van der Waals surface area contributed by atoms with Gasteiger partial charge in [-0.1, -0.05) is 24.3 Å². The number of sulfone groups is 1. The van der Waals surface area contributed by atoms with Crippen LogP contribution in [-0.4, -0.2) is 44.6 Å². The number of aromatic nitrogens is 1. The van der Waals surface area contributed by atoms with Crippen LogP contribution in [0.25, 0.3) is 22.4 Å². The monoisotopic (exact) mass is 529 g/mol. The smallest absolute Gasteiger partial charge is 0.406 e. The van der Waals surface area contributed by atoms with Crippen molar-refractivity contribution in [2.24, 2.45) is 5.73 Å². The number of nitrogens with zero attached hydrogens (tertiary/aromatic N) is 1. The van der Waals surface area contributed by atoms with Crippen molar-refractivity contribution in [1.82, 2.24) is 9.88 Å². The first-order valence-corrected chi connectivity index (χ1v) is 12.3. The van der Waals surface area contributed by atoms with E-state index in [-0.39, 0.29) is 29.3 Å². The van der Waals surface area contributed by atoms with E-state index in [9.17, 15) is 26.4 Å². The molecule has 7 nitrogen and oxygen atoms in total. The van der Waals surface area contributed by atoms with Crippen LogP contribution in [0.4, 0.5) is 13.2 Å². The number of hydrogen-bond acceptors (Lipinski definition) is 5. The molecule has 1 atom stereocenters. The first kappa shape index (κ1) is 26.6. The lowest BCUT2D eigenvalue weighted by molar-refractivity contribution is -0.274. The second-order valence-corrected chi connectivity index (χ2v) is 9.99. The maximum Gasteiger partial charge on any atom is 0.573 e. The maximum atomic E-state index is 12.8. The number of halogens is 4. The molecule has 1 amide bonds. The number of rotatable bonds is 6. The molecule has 3 N–H and O–H groups in total. The van der Waals surface area contributed by atoms with Crippen LogP contribution < -0.4 is 15.8 Å². The zero-order chi connectivity index (χ0) is 24.7. The van der Waals surface area contributed by atoms with Crippen LogP contribution in [0.1, 0.15) is 23.0 Å². The van der Waals surface area contributed by atoms with Crippen molar-refractivity contribution in [2.45, 2.75) is 23.7 Å². The van der Waals surface area contributed by atoms with Gasteiger partial charge in [0.15, 0.2) is 9.84 Å². The zero-order valence-electron chi connectivity index (χ0n) is 18.5. The van der Waals surface area contributed by atoms with Crippen LogP contribution in [0.5, 0.6) is 5.75 Å². The van der Waals surface area contributed by atoms with Gasteiger partial charge in [0, 0.05) is 18.4 Å². The molecule has 3 aromatic rings. The number of nitrogens with one attached hydrogen (secondary N) is 1. The van der Waals surface area contributed by atoms with Gasteiger partial charge in [0.2, 0.25) is 0 Å². The zero-order valence-corrected chi connectivity index (χ0v) is 20.1. The third-order valence-electron chi connectivity index (χ3n) is 5.57. The lowest BCUT2D eigenvalue weighted by Crippen LogP contribution is -2.39. The van der Waals surface area contributed by atoms with Crippen LogP contribution >= 0.6 is 12.4 Å². The number of ether oxygens (including phenoxy) is 1. The average molecular weight is 530 g/mol. The van der Waals surface area contributed by atoms with Gasteiger partial charge in [0.25, 0.3) is 5.91 Å². The van der Waals surface area contributed by atoms with E-state index in [1.165, 1.54) is 30.3 Å². The highest BCUT2D eigenvalue weighted by Gasteiger charge is 2.33. The summed E-state index contributed by atoms with van der Waals surface area (Å²) in [6, 6.07) is 13.1. The van der Waals surface area contributed by atoms with Gasteiger partial charge in [-0.3, -0.25) is 4.79 Å². The van der Waals surface area contributed by atoms with Gasteiger partial charge in [0.1, 0.15) is 11.4 Å². The van der Waals surface area contributed by atoms with Gasteiger partial charge in [-0.25, -0.2) is 8.42 Å². The van der Waals surface area contributed by atoms with Crippen molar-refractivity contribution in [3.63, 3.8) is 0 Å². The molecule has 35 heavy (non-hydrogen) atoms. The molecular weight excluding hydrogens is 507 g/mol. The second kappa shape index (κ2) is 9.92. The predicted molar refractivity (Wildman–Crippen MR) is 127 cm³/mol. The van der Waals surface area contributed by atoms with E-state index in [2.05, 4.69) is 10.1 Å². The summed E-state index contributed by atoms with van der Waals surface area (Å²) in [6.07, 6.45) is -3.21. The average Bonchev–Trinajstić information content (AvgIpc) is 3.16.